The molecule has 140 valence electrons. The van der Waals surface area contributed by atoms with Crippen molar-refractivity contribution in [2.24, 2.45) is 0 Å². The highest BCUT2D eigenvalue weighted by Gasteiger charge is 2.11. The quantitative estimate of drug-likeness (QED) is 0.440. The molecule has 4 aromatic rings. The molecule has 2 aromatic heterocycles. The molecule has 0 saturated heterocycles. The number of rotatable bonds is 4. The molecular weight excluding hydrogens is 402 g/mol. The van der Waals surface area contributed by atoms with Gasteiger partial charge in [0, 0.05) is 21.9 Å². The Hall–Kier alpha value is -3.17. The van der Waals surface area contributed by atoms with Crippen LogP contribution in [-0.2, 0) is 0 Å². The fraction of sp³-hybridized carbons (Fsp3) is 0. The van der Waals surface area contributed by atoms with E-state index < -0.39 is 6.03 Å². The smallest absolute Gasteiger partial charge is 0.283 e. The van der Waals surface area contributed by atoms with E-state index in [4.69, 9.17) is 0 Å². The number of aromatic nitrogens is 2. The van der Waals surface area contributed by atoms with E-state index in [2.05, 4.69) is 20.6 Å². The third-order valence-electron chi connectivity index (χ3n) is 3.69. The molecule has 5 nitrogen and oxygen atoms in total. The summed E-state index contributed by atoms with van der Waals surface area (Å²) in [7, 11) is 0. The SMILES string of the molecule is O=C(Nc1nc(-c2cccc(F)c2)cs1)Nc1nc(-c2cccc(F)c2)cs1. The number of hydrogen-bond acceptors (Lipinski definition) is 5. The van der Waals surface area contributed by atoms with Crippen molar-refractivity contribution in [2.75, 3.05) is 10.6 Å². The Balaban J connectivity index is 1.41. The number of carbonyl (C=O) groups excluding carboxylic acids is 1. The number of benzene rings is 2. The molecule has 0 aliphatic rings. The van der Waals surface area contributed by atoms with Crippen molar-refractivity contribution >= 4 is 39.0 Å². The minimum absolute atomic E-state index is 0.351. The molecule has 2 heterocycles. The summed E-state index contributed by atoms with van der Waals surface area (Å²) in [5, 5.41) is 9.46. The predicted octanol–water partition coefficient (Wildman–Crippen LogP) is 5.86. The number of amides is 2. The highest BCUT2D eigenvalue weighted by Crippen LogP contribution is 2.27. The molecule has 2 N–H and O–H groups in total. The zero-order valence-corrected chi connectivity index (χ0v) is 15.8. The first kappa shape index (κ1) is 18.2. The molecule has 0 radical (unpaired) electrons. The minimum Gasteiger partial charge on any atom is -0.283 e. The van der Waals surface area contributed by atoms with Crippen molar-refractivity contribution in [1.82, 2.24) is 9.97 Å². The van der Waals surface area contributed by atoms with Gasteiger partial charge in [0.1, 0.15) is 11.6 Å². The fourth-order valence-electron chi connectivity index (χ4n) is 2.45. The third-order valence-corrected chi connectivity index (χ3v) is 5.21. The summed E-state index contributed by atoms with van der Waals surface area (Å²) in [5.41, 5.74) is 2.40. The van der Waals surface area contributed by atoms with Crippen LogP contribution in [0, 0.1) is 11.6 Å². The number of carbonyl (C=O) groups is 1. The van der Waals surface area contributed by atoms with Crippen LogP contribution in [0.15, 0.2) is 59.3 Å². The third kappa shape index (κ3) is 4.21. The lowest BCUT2D eigenvalue weighted by atomic mass is 10.2. The Kier molecular flexibility index (Phi) is 5.09. The normalized spacial score (nSPS) is 10.6. The summed E-state index contributed by atoms with van der Waals surface area (Å²) in [6.45, 7) is 0. The Morgan fingerprint density at radius 2 is 1.25 bits per heavy atom. The van der Waals surface area contributed by atoms with Crippen molar-refractivity contribution in [3.8, 4) is 22.5 Å². The van der Waals surface area contributed by atoms with Crippen LogP contribution in [-0.4, -0.2) is 16.0 Å². The second-order valence-corrected chi connectivity index (χ2v) is 7.39. The lowest BCUT2D eigenvalue weighted by Crippen LogP contribution is -2.19. The lowest BCUT2D eigenvalue weighted by molar-refractivity contribution is 0.262. The number of urea groups is 1. The van der Waals surface area contributed by atoms with Crippen LogP contribution < -0.4 is 10.6 Å². The molecule has 0 unspecified atom stereocenters. The van der Waals surface area contributed by atoms with Gasteiger partial charge in [0.25, 0.3) is 0 Å². The van der Waals surface area contributed by atoms with Gasteiger partial charge in [-0.05, 0) is 24.3 Å². The molecule has 0 fully saturated rings. The second-order valence-electron chi connectivity index (χ2n) is 5.68. The summed E-state index contributed by atoms with van der Waals surface area (Å²) in [6.07, 6.45) is 0. The molecule has 0 spiro atoms. The number of hydrogen-bond donors (Lipinski definition) is 2. The van der Waals surface area contributed by atoms with Crippen LogP contribution in [0.5, 0.6) is 0 Å². The predicted molar refractivity (Wildman–Crippen MR) is 108 cm³/mol. The van der Waals surface area contributed by atoms with E-state index in [1.807, 2.05) is 0 Å². The summed E-state index contributed by atoms with van der Waals surface area (Å²) in [4.78, 5) is 20.7. The monoisotopic (exact) mass is 414 g/mol. The lowest BCUT2D eigenvalue weighted by Gasteiger charge is -2.02. The highest BCUT2D eigenvalue weighted by atomic mass is 32.1. The van der Waals surface area contributed by atoms with E-state index in [0.29, 0.717) is 32.8 Å². The zero-order valence-electron chi connectivity index (χ0n) is 14.1. The van der Waals surface area contributed by atoms with Crippen molar-refractivity contribution < 1.29 is 13.6 Å². The average molecular weight is 414 g/mol. The van der Waals surface area contributed by atoms with Gasteiger partial charge in [-0.15, -0.1) is 22.7 Å². The molecule has 0 aliphatic heterocycles. The molecule has 28 heavy (non-hydrogen) atoms. The number of nitrogens with zero attached hydrogens (tertiary/aromatic N) is 2. The second kappa shape index (κ2) is 7.83. The van der Waals surface area contributed by atoms with Gasteiger partial charge in [-0.1, -0.05) is 24.3 Å². The molecule has 0 aliphatic carbocycles. The first-order valence-electron chi connectivity index (χ1n) is 8.08. The van der Waals surface area contributed by atoms with Gasteiger partial charge in [-0.2, -0.15) is 0 Å². The summed E-state index contributed by atoms with van der Waals surface area (Å²) >= 11 is 2.46. The molecule has 9 heteroatoms. The van der Waals surface area contributed by atoms with Gasteiger partial charge < -0.3 is 0 Å². The fourth-order valence-corrected chi connectivity index (χ4v) is 3.88. The topological polar surface area (TPSA) is 66.9 Å². The number of thiazole rings is 2. The highest BCUT2D eigenvalue weighted by molar-refractivity contribution is 7.14. The Bertz CT molecular complexity index is 1050. The maximum atomic E-state index is 13.3. The zero-order chi connectivity index (χ0) is 19.5. The largest absolute Gasteiger partial charge is 0.327 e. The van der Waals surface area contributed by atoms with Crippen LogP contribution >= 0.6 is 22.7 Å². The van der Waals surface area contributed by atoms with Crippen LogP contribution in [0.3, 0.4) is 0 Å². The Morgan fingerprint density at radius 3 is 1.68 bits per heavy atom. The standard InChI is InChI=1S/C19H12F2N4OS2/c20-13-5-1-3-11(7-13)15-9-27-18(22-15)24-17(26)25-19-23-16(10-28-19)12-4-2-6-14(21)8-12/h1-10H,(H2,22,23,24,25,26). The number of nitrogens with one attached hydrogen (secondary N) is 2. The van der Waals surface area contributed by atoms with Gasteiger partial charge in [0.2, 0.25) is 0 Å². The van der Waals surface area contributed by atoms with E-state index in [-0.39, 0.29) is 11.6 Å². The van der Waals surface area contributed by atoms with Crippen LogP contribution in [0.4, 0.5) is 23.8 Å². The first-order chi connectivity index (χ1) is 13.6. The molecule has 0 bridgehead atoms. The Labute approximate surface area is 166 Å². The molecule has 2 amide bonds. The van der Waals surface area contributed by atoms with Gasteiger partial charge >= 0.3 is 6.03 Å². The van der Waals surface area contributed by atoms with Crippen molar-refractivity contribution in [3.63, 3.8) is 0 Å². The Morgan fingerprint density at radius 1 is 0.786 bits per heavy atom. The summed E-state index contributed by atoms with van der Waals surface area (Å²) in [5.74, 6) is -0.703. The van der Waals surface area contributed by atoms with E-state index in [1.165, 1.54) is 46.9 Å². The number of halogens is 2. The van der Waals surface area contributed by atoms with Crippen LogP contribution in [0.25, 0.3) is 22.5 Å². The van der Waals surface area contributed by atoms with E-state index in [0.717, 1.165) is 0 Å². The molecule has 0 atom stereocenters. The van der Waals surface area contributed by atoms with Crippen molar-refractivity contribution in [3.05, 3.63) is 70.9 Å². The average Bonchev–Trinajstić information content (AvgIpc) is 3.31. The maximum Gasteiger partial charge on any atom is 0.327 e. The maximum absolute atomic E-state index is 13.3. The molecule has 4 rings (SSSR count). The van der Waals surface area contributed by atoms with Gasteiger partial charge in [0.15, 0.2) is 10.3 Å². The van der Waals surface area contributed by atoms with Crippen LogP contribution in [0.1, 0.15) is 0 Å². The van der Waals surface area contributed by atoms with E-state index in [1.54, 1.807) is 35.0 Å². The summed E-state index contributed by atoms with van der Waals surface area (Å²) in [6, 6.07) is 11.6. The molecule has 2 aromatic carbocycles. The van der Waals surface area contributed by atoms with E-state index in [9.17, 15) is 13.6 Å². The van der Waals surface area contributed by atoms with Crippen LogP contribution in [0.2, 0.25) is 0 Å². The van der Waals surface area contributed by atoms with Gasteiger partial charge in [0.05, 0.1) is 11.4 Å². The van der Waals surface area contributed by atoms with Crippen molar-refractivity contribution in [2.45, 2.75) is 0 Å². The molecule has 0 saturated carbocycles. The summed E-state index contributed by atoms with van der Waals surface area (Å²) < 4.78 is 26.7. The van der Waals surface area contributed by atoms with Crippen molar-refractivity contribution in [1.29, 1.82) is 0 Å². The minimum atomic E-state index is -0.500. The first-order valence-corrected chi connectivity index (χ1v) is 9.84. The van der Waals surface area contributed by atoms with Gasteiger partial charge in [-0.25, -0.2) is 23.5 Å². The van der Waals surface area contributed by atoms with E-state index >= 15 is 0 Å². The number of anilines is 2. The molecular formula is C19H12F2N4OS2. The van der Waals surface area contributed by atoms with Gasteiger partial charge in [-0.3, -0.25) is 10.6 Å².